The Balaban J connectivity index is 0.00000432. The second-order valence-corrected chi connectivity index (χ2v) is 14.8. The van der Waals surface area contributed by atoms with Crippen molar-refractivity contribution in [1.82, 2.24) is 0 Å². The van der Waals surface area contributed by atoms with E-state index in [-0.39, 0.29) is 111 Å². The van der Waals surface area contributed by atoms with Crippen molar-refractivity contribution in [2.45, 2.75) is 14.7 Å². The van der Waals surface area contributed by atoms with Crippen LogP contribution >= 0.6 is 7.26 Å². The van der Waals surface area contributed by atoms with Gasteiger partial charge in [-0.15, -0.1) is 0 Å². The average Bonchev–Trinajstić information content (AvgIpc) is 2.76. The summed E-state index contributed by atoms with van der Waals surface area (Å²) in [4.78, 5) is -1.67. The quantitative estimate of drug-likeness (QED) is 0.104. The zero-order valence-corrected chi connectivity index (χ0v) is 29.6. The molecule has 0 aliphatic heterocycles. The SMILES string of the molecule is C=CC[P+](c1cccc(S(=O)(=O)[O-])c1)(c1cccc(S(=O)(=O)[O-])c1)c1cccc(S(=O)(=O)[O-])c1.[Na+].[Na+].[Na+]. The van der Waals surface area contributed by atoms with E-state index in [0.29, 0.717) is 0 Å². The second kappa shape index (κ2) is 14.5. The van der Waals surface area contributed by atoms with E-state index in [4.69, 9.17) is 0 Å². The Labute approximate surface area is 283 Å². The summed E-state index contributed by atoms with van der Waals surface area (Å²) in [5.74, 6) is 0. The van der Waals surface area contributed by atoms with Gasteiger partial charge in [-0.1, -0.05) is 30.9 Å². The van der Waals surface area contributed by atoms with Crippen LogP contribution in [0.4, 0.5) is 0 Å². The smallest absolute Gasteiger partial charge is 0.744 e. The first-order valence-corrected chi connectivity index (χ1v) is 15.6. The first kappa shape index (κ1) is 37.6. The Hall–Kier alpha value is 0.560. The first-order valence-electron chi connectivity index (χ1n) is 9.38. The summed E-state index contributed by atoms with van der Waals surface area (Å²) in [6.07, 6.45) is 1.52. The number of hydrogen-bond donors (Lipinski definition) is 0. The summed E-state index contributed by atoms with van der Waals surface area (Å²) in [6, 6.07) is 15.1. The molecule has 0 amide bonds. The van der Waals surface area contributed by atoms with Crippen molar-refractivity contribution in [1.29, 1.82) is 0 Å². The normalized spacial score (nSPS) is 11.9. The molecule has 0 radical (unpaired) electrons. The van der Waals surface area contributed by atoms with E-state index in [1.807, 2.05) is 0 Å². The Morgan fingerprint density at radius 2 is 0.865 bits per heavy atom. The van der Waals surface area contributed by atoms with Gasteiger partial charge in [-0.2, -0.15) is 0 Å². The van der Waals surface area contributed by atoms with Crippen LogP contribution < -0.4 is 105 Å². The van der Waals surface area contributed by atoms with Gasteiger partial charge in [0.1, 0.15) is 53.5 Å². The van der Waals surface area contributed by atoms with Gasteiger partial charge in [-0.05, 0) is 54.6 Å². The molecule has 0 N–H and O–H groups in total. The van der Waals surface area contributed by atoms with Gasteiger partial charge in [0.05, 0.1) is 20.8 Å². The Bertz CT molecular complexity index is 1410. The van der Waals surface area contributed by atoms with Crippen LogP contribution in [0.25, 0.3) is 0 Å². The summed E-state index contributed by atoms with van der Waals surface area (Å²) in [5, 5.41) is 0.806. The molecule has 3 rings (SSSR count). The molecule has 0 bridgehead atoms. The minimum absolute atomic E-state index is 0. The first-order chi connectivity index (χ1) is 15.7. The van der Waals surface area contributed by atoms with Crippen LogP contribution in [-0.4, -0.2) is 45.1 Å². The van der Waals surface area contributed by atoms with Gasteiger partial charge in [0.25, 0.3) is 0 Å². The monoisotopic (exact) mass is 609 g/mol. The topological polar surface area (TPSA) is 172 Å². The van der Waals surface area contributed by atoms with Crippen LogP contribution in [0.3, 0.4) is 0 Å². The molecule has 9 nitrogen and oxygen atoms in total. The Morgan fingerprint density at radius 3 is 1.08 bits per heavy atom. The molecule has 0 atom stereocenters. The van der Waals surface area contributed by atoms with Crippen LogP contribution in [0.5, 0.6) is 0 Å². The molecule has 0 saturated carbocycles. The summed E-state index contributed by atoms with van der Waals surface area (Å²) >= 11 is 0. The maximum Gasteiger partial charge on any atom is 1.00 e. The third-order valence-corrected chi connectivity index (χ3v) is 11.8. The molecule has 3 aromatic carbocycles. The molecule has 16 heteroatoms. The molecule has 0 heterocycles. The van der Waals surface area contributed by atoms with Gasteiger partial charge in [-0.3, -0.25) is 0 Å². The van der Waals surface area contributed by atoms with Gasteiger partial charge in [0.15, 0.2) is 0 Å². The van der Waals surface area contributed by atoms with Crippen LogP contribution in [0.2, 0.25) is 0 Å². The summed E-state index contributed by atoms with van der Waals surface area (Å²) in [5.41, 5.74) is 0. The molecule has 0 spiro atoms. The van der Waals surface area contributed by atoms with Crippen molar-refractivity contribution in [3.63, 3.8) is 0 Å². The molecular weight excluding hydrogens is 592 g/mol. The van der Waals surface area contributed by atoms with E-state index in [1.54, 1.807) is 0 Å². The van der Waals surface area contributed by atoms with E-state index in [9.17, 15) is 38.9 Å². The van der Waals surface area contributed by atoms with Gasteiger partial charge < -0.3 is 13.7 Å². The van der Waals surface area contributed by atoms with Crippen molar-refractivity contribution < 1.29 is 128 Å². The zero-order valence-electron chi connectivity index (χ0n) is 20.3. The summed E-state index contributed by atoms with van der Waals surface area (Å²) in [6.45, 7) is 3.72. The van der Waals surface area contributed by atoms with Gasteiger partial charge >= 0.3 is 88.7 Å². The number of allylic oxidation sites excluding steroid dienone is 1. The van der Waals surface area contributed by atoms with E-state index in [1.165, 1.54) is 42.5 Å². The third kappa shape index (κ3) is 8.77. The number of hydrogen-bond acceptors (Lipinski definition) is 9. The van der Waals surface area contributed by atoms with Crippen molar-refractivity contribution in [3.05, 3.63) is 85.5 Å². The largest absolute Gasteiger partial charge is 1.00 e. The van der Waals surface area contributed by atoms with E-state index in [2.05, 4.69) is 6.58 Å². The molecule has 0 aliphatic carbocycles. The van der Waals surface area contributed by atoms with E-state index >= 15 is 0 Å². The third-order valence-electron chi connectivity index (χ3n) is 5.04. The predicted octanol–water partition coefficient (Wildman–Crippen LogP) is -8.11. The molecule has 0 saturated heterocycles. The zero-order chi connectivity index (χ0) is 25.4. The maximum absolute atomic E-state index is 11.7. The van der Waals surface area contributed by atoms with Crippen molar-refractivity contribution in [2.75, 3.05) is 6.16 Å². The standard InChI is InChI=1S/C21H19O9PS3.3Na/c1-2-12-31(16-6-3-9-19(13-16)32(22,23)24,17-7-4-10-20(14-17)33(25,26)27)18-8-5-11-21(15-18)34(28,29)30;;;/h2-11,13-15H,1,12H2,(H2-,22,23,24,25,26,27,28,29,30);;;/q;3*+1/p-2. The minimum atomic E-state index is -4.88. The molecule has 180 valence electrons. The van der Waals surface area contributed by atoms with Crippen molar-refractivity contribution >= 4 is 53.5 Å². The molecule has 0 fully saturated rings. The van der Waals surface area contributed by atoms with Gasteiger partial charge in [0, 0.05) is 0 Å². The second-order valence-electron chi connectivity index (χ2n) is 7.14. The van der Waals surface area contributed by atoms with E-state index in [0.717, 1.165) is 36.4 Å². The van der Waals surface area contributed by atoms with Gasteiger partial charge in [0.2, 0.25) is 0 Å². The summed E-state index contributed by atoms with van der Waals surface area (Å²) < 4.78 is 105. The average molecular weight is 610 g/mol. The van der Waals surface area contributed by atoms with Gasteiger partial charge in [-0.25, -0.2) is 25.3 Å². The predicted molar refractivity (Wildman–Crippen MR) is 124 cm³/mol. The molecule has 0 aromatic heterocycles. The fraction of sp³-hybridized carbons (Fsp3) is 0.0476. The van der Waals surface area contributed by atoms with Crippen LogP contribution in [0, 0.1) is 0 Å². The molecule has 37 heavy (non-hydrogen) atoms. The molecular formula is C21H17Na3O9PS3+. The maximum atomic E-state index is 11.7. The minimum Gasteiger partial charge on any atom is -0.744 e. The fourth-order valence-electron chi connectivity index (χ4n) is 3.59. The van der Waals surface area contributed by atoms with Crippen LogP contribution in [-0.2, 0) is 30.4 Å². The van der Waals surface area contributed by atoms with Crippen molar-refractivity contribution in [3.8, 4) is 0 Å². The Kier molecular flexibility index (Phi) is 14.7. The molecule has 3 aromatic rings. The summed E-state index contributed by atoms with van der Waals surface area (Å²) in [7, 11) is -17.8. The van der Waals surface area contributed by atoms with Crippen molar-refractivity contribution in [2.24, 2.45) is 0 Å². The molecule has 0 aliphatic rings. The number of benzene rings is 3. The number of rotatable bonds is 8. The Morgan fingerprint density at radius 1 is 0.595 bits per heavy atom. The van der Waals surface area contributed by atoms with Crippen LogP contribution in [0.1, 0.15) is 0 Å². The van der Waals surface area contributed by atoms with Crippen LogP contribution in [0.15, 0.2) is 100 Å². The molecule has 0 unspecified atom stereocenters. The van der Waals surface area contributed by atoms with E-state index < -0.39 is 52.3 Å². The fourth-order valence-corrected chi connectivity index (χ4v) is 9.41.